The molecule has 0 fully saturated rings. The highest BCUT2D eigenvalue weighted by molar-refractivity contribution is 8.00. The minimum Gasteiger partial charge on any atom is -0.312 e. The highest BCUT2D eigenvalue weighted by Gasteiger charge is 2.07. The lowest BCUT2D eigenvalue weighted by molar-refractivity contribution is 0.739. The molecule has 4 heteroatoms. The molecule has 1 aromatic rings. The van der Waals surface area contributed by atoms with E-state index in [0.717, 1.165) is 23.1 Å². The Hall–Kier alpha value is -0.510. The monoisotopic (exact) mass is 242 g/mol. The zero-order valence-electron chi connectivity index (χ0n) is 8.74. The Balaban J connectivity index is 2.40. The first-order chi connectivity index (χ1) is 7.24. The summed E-state index contributed by atoms with van der Waals surface area (Å²) in [6, 6.07) is 3.70. The van der Waals surface area contributed by atoms with E-state index in [0.29, 0.717) is 5.25 Å². The molecule has 2 nitrogen and oxygen atoms in total. The Labute approximate surface area is 100 Å². The van der Waals surface area contributed by atoms with Gasteiger partial charge in [0.1, 0.15) is 5.03 Å². The maximum absolute atomic E-state index is 6.01. The van der Waals surface area contributed by atoms with Crippen molar-refractivity contribution in [1.82, 2.24) is 10.3 Å². The number of pyridine rings is 1. The molecule has 0 spiro atoms. The van der Waals surface area contributed by atoms with E-state index in [1.54, 1.807) is 18.0 Å². The number of hydrogen-bond acceptors (Lipinski definition) is 3. The summed E-state index contributed by atoms with van der Waals surface area (Å²) < 4.78 is 0. The van der Waals surface area contributed by atoms with Crippen molar-refractivity contribution in [3.05, 3.63) is 36.0 Å². The Morgan fingerprint density at radius 2 is 2.53 bits per heavy atom. The van der Waals surface area contributed by atoms with Gasteiger partial charge >= 0.3 is 0 Å². The standard InChI is InChI=1S/C11H15ClN2S/c1-3-6-13-8-9(2)15-11-10(12)5-4-7-14-11/h3-5,7,9,13H,1,6,8H2,2H3. The zero-order chi connectivity index (χ0) is 11.1. The molecular formula is C11H15ClN2S. The Bertz CT molecular complexity index is 317. The van der Waals surface area contributed by atoms with Crippen LogP contribution in [0.5, 0.6) is 0 Å². The third kappa shape index (κ3) is 4.69. The van der Waals surface area contributed by atoms with E-state index < -0.39 is 0 Å². The van der Waals surface area contributed by atoms with Crippen LogP contribution in [0.15, 0.2) is 36.0 Å². The second kappa shape index (κ2) is 6.88. The van der Waals surface area contributed by atoms with Crippen molar-refractivity contribution in [2.45, 2.75) is 17.2 Å². The number of hydrogen-bond donors (Lipinski definition) is 1. The van der Waals surface area contributed by atoms with Crippen molar-refractivity contribution in [3.8, 4) is 0 Å². The summed E-state index contributed by atoms with van der Waals surface area (Å²) in [6.45, 7) is 7.55. The summed E-state index contributed by atoms with van der Waals surface area (Å²) in [6.07, 6.45) is 3.61. The highest BCUT2D eigenvalue weighted by atomic mass is 35.5. The van der Waals surface area contributed by atoms with Gasteiger partial charge in [0.05, 0.1) is 5.02 Å². The lowest BCUT2D eigenvalue weighted by atomic mass is 10.4. The summed E-state index contributed by atoms with van der Waals surface area (Å²) in [5.41, 5.74) is 0. The second-order valence-electron chi connectivity index (χ2n) is 3.17. The largest absolute Gasteiger partial charge is 0.312 e. The first kappa shape index (κ1) is 12.6. The average Bonchev–Trinajstić information content (AvgIpc) is 2.22. The van der Waals surface area contributed by atoms with E-state index in [-0.39, 0.29) is 0 Å². The molecule has 0 aliphatic rings. The van der Waals surface area contributed by atoms with Crippen LogP contribution in [0.1, 0.15) is 6.92 Å². The molecule has 1 rings (SSSR count). The first-order valence-corrected chi connectivity index (χ1v) is 6.08. The molecule has 0 aromatic carbocycles. The van der Waals surface area contributed by atoms with E-state index in [9.17, 15) is 0 Å². The van der Waals surface area contributed by atoms with Gasteiger partial charge in [0, 0.05) is 24.5 Å². The molecule has 1 atom stereocenters. The normalized spacial score (nSPS) is 12.4. The molecule has 0 aliphatic heterocycles. The number of aromatic nitrogens is 1. The van der Waals surface area contributed by atoms with Crippen LogP contribution in [0.4, 0.5) is 0 Å². The minimum absolute atomic E-state index is 0.442. The van der Waals surface area contributed by atoms with Gasteiger partial charge in [0.15, 0.2) is 0 Å². The summed E-state index contributed by atoms with van der Waals surface area (Å²) >= 11 is 7.69. The number of thioether (sulfide) groups is 1. The van der Waals surface area contributed by atoms with Crippen LogP contribution in [0.2, 0.25) is 5.02 Å². The maximum atomic E-state index is 6.01. The van der Waals surface area contributed by atoms with Gasteiger partial charge in [-0.2, -0.15) is 0 Å². The second-order valence-corrected chi connectivity index (χ2v) is 5.00. The van der Waals surface area contributed by atoms with Crippen LogP contribution < -0.4 is 5.32 Å². The van der Waals surface area contributed by atoms with Crippen LogP contribution in [0, 0.1) is 0 Å². The summed E-state index contributed by atoms with van der Waals surface area (Å²) in [4.78, 5) is 4.23. The molecule has 0 saturated heterocycles. The summed E-state index contributed by atoms with van der Waals surface area (Å²) in [7, 11) is 0. The predicted molar refractivity (Wildman–Crippen MR) is 67.6 cm³/mol. The van der Waals surface area contributed by atoms with E-state index in [2.05, 4.69) is 23.8 Å². The maximum Gasteiger partial charge on any atom is 0.115 e. The van der Waals surface area contributed by atoms with Gasteiger partial charge in [0.25, 0.3) is 0 Å². The van der Waals surface area contributed by atoms with E-state index in [4.69, 9.17) is 11.6 Å². The third-order valence-corrected chi connectivity index (χ3v) is 3.29. The molecular weight excluding hydrogens is 228 g/mol. The van der Waals surface area contributed by atoms with Gasteiger partial charge in [-0.1, -0.05) is 24.6 Å². The van der Waals surface area contributed by atoms with Crippen LogP contribution in [0.25, 0.3) is 0 Å². The Kier molecular flexibility index (Phi) is 5.76. The van der Waals surface area contributed by atoms with Crippen molar-refractivity contribution in [2.24, 2.45) is 0 Å². The molecule has 1 unspecified atom stereocenters. The van der Waals surface area contributed by atoms with E-state index >= 15 is 0 Å². The number of nitrogens with zero attached hydrogens (tertiary/aromatic N) is 1. The molecule has 0 aliphatic carbocycles. The SMILES string of the molecule is C=CCNCC(C)Sc1ncccc1Cl. The van der Waals surface area contributed by atoms with Gasteiger partial charge in [-0.05, 0) is 12.1 Å². The lowest BCUT2D eigenvalue weighted by Gasteiger charge is -2.11. The van der Waals surface area contributed by atoms with Gasteiger partial charge in [-0.15, -0.1) is 18.3 Å². The van der Waals surface area contributed by atoms with Crippen molar-refractivity contribution < 1.29 is 0 Å². The number of halogens is 1. The number of nitrogens with one attached hydrogen (secondary N) is 1. The topological polar surface area (TPSA) is 24.9 Å². The third-order valence-electron chi connectivity index (χ3n) is 1.76. The molecule has 0 saturated carbocycles. The molecule has 1 heterocycles. The molecule has 15 heavy (non-hydrogen) atoms. The lowest BCUT2D eigenvalue weighted by Crippen LogP contribution is -2.22. The molecule has 0 bridgehead atoms. The zero-order valence-corrected chi connectivity index (χ0v) is 10.3. The van der Waals surface area contributed by atoms with Crippen LogP contribution >= 0.6 is 23.4 Å². The smallest absolute Gasteiger partial charge is 0.115 e. The van der Waals surface area contributed by atoms with Crippen LogP contribution in [0.3, 0.4) is 0 Å². The Morgan fingerprint density at radius 3 is 3.20 bits per heavy atom. The quantitative estimate of drug-likeness (QED) is 0.472. The van der Waals surface area contributed by atoms with Crippen molar-refractivity contribution >= 4 is 23.4 Å². The van der Waals surface area contributed by atoms with Crippen LogP contribution in [-0.2, 0) is 0 Å². The average molecular weight is 243 g/mol. The molecule has 1 N–H and O–H groups in total. The highest BCUT2D eigenvalue weighted by Crippen LogP contribution is 2.27. The van der Waals surface area contributed by atoms with Gasteiger partial charge < -0.3 is 5.32 Å². The van der Waals surface area contributed by atoms with Gasteiger partial charge in [0.2, 0.25) is 0 Å². The molecule has 0 radical (unpaired) electrons. The predicted octanol–water partition coefficient (Wildman–Crippen LogP) is 2.99. The minimum atomic E-state index is 0.442. The molecule has 0 amide bonds. The van der Waals surface area contributed by atoms with Crippen molar-refractivity contribution in [1.29, 1.82) is 0 Å². The van der Waals surface area contributed by atoms with Crippen molar-refractivity contribution in [3.63, 3.8) is 0 Å². The molecule has 1 aromatic heterocycles. The summed E-state index contributed by atoms with van der Waals surface area (Å²) in [5, 5.41) is 5.32. The number of rotatable bonds is 6. The first-order valence-electron chi connectivity index (χ1n) is 4.83. The fourth-order valence-corrected chi connectivity index (χ4v) is 2.22. The van der Waals surface area contributed by atoms with Gasteiger partial charge in [-0.3, -0.25) is 0 Å². The van der Waals surface area contributed by atoms with E-state index in [1.165, 1.54) is 0 Å². The fourth-order valence-electron chi connectivity index (χ4n) is 1.08. The van der Waals surface area contributed by atoms with Crippen molar-refractivity contribution in [2.75, 3.05) is 13.1 Å². The van der Waals surface area contributed by atoms with Gasteiger partial charge in [-0.25, -0.2) is 4.98 Å². The fraction of sp³-hybridized carbons (Fsp3) is 0.364. The Morgan fingerprint density at radius 1 is 1.73 bits per heavy atom. The van der Waals surface area contributed by atoms with E-state index in [1.807, 2.05) is 18.2 Å². The van der Waals surface area contributed by atoms with Crippen LogP contribution in [-0.4, -0.2) is 23.3 Å². The molecule has 82 valence electrons. The summed E-state index contributed by atoms with van der Waals surface area (Å²) in [5.74, 6) is 0.